The Labute approximate surface area is 133 Å². The Morgan fingerprint density at radius 3 is 2.09 bits per heavy atom. The summed E-state index contributed by atoms with van der Waals surface area (Å²) < 4.78 is 15.4. The van der Waals surface area contributed by atoms with Crippen molar-refractivity contribution in [2.45, 2.75) is 6.92 Å². The highest BCUT2D eigenvalue weighted by atomic mass is 16.6. The third-order valence-corrected chi connectivity index (χ3v) is 3.19. The molecule has 2 aromatic carbocycles. The number of esters is 1. The van der Waals surface area contributed by atoms with Crippen LogP contribution in [0.15, 0.2) is 36.4 Å². The van der Waals surface area contributed by atoms with Crippen molar-refractivity contribution in [3.8, 4) is 23.0 Å². The second-order valence-corrected chi connectivity index (χ2v) is 4.70. The van der Waals surface area contributed by atoms with Gasteiger partial charge in [0.2, 0.25) is 0 Å². The number of phenolic OH excluding ortho intramolecular Hbond substituents is 1. The largest absolute Gasteiger partial charge is 0.504 e. The average Bonchev–Trinajstić information content (AvgIpc) is 2.55. The standard InChI is InChI=1S/C17H16O6/c1-10(18)11-5-7-14(16(8-11)22-3)23-17(20)12-4-6-13(19)15(9-12)21-2/h4-9,19H,1-3H3. The Bertz CT molecular complexity index is 751. The van der Waals surface area contributed by atoms with Crippen molar-refractivity contribution in [3.63, 3.8) is 0 Å². The molecule has 0 aliphatic carbocycles. The quantitative estimate of drug-likeness (QED) is 0.519. The van der Waals surface area contributed by atoms with Crippen LogP contribution in [0.5, 0.6) is 23.0 Å². The molecule has 0 amide bonds. The van der Waals surface area contributed by atoms with E-state index in [1.54, 1.807) is 6.07 Å². The first-order valence-corrected chi connectivity index (χ1v) is 6.74. The molecule has 0 aliphatic heterocycles. The summed E-state index contributed by atoms with van der Waals surface area (Å²) in [6.45, 7) is 1.43. The average molecular weight is 316 g/mol. The van der Waals surface area contributed by atoms with Gasteiger partial charge in [-0.25, -0.2) is 4.79 Å². The second-order valence-electron chi connectivity index (χ2n) is 4.70. The Hall–Kier alpha value is -3.02. The third kappa shape index (κ3) is 3.60. The van der Waals surface area contributed by atoms with Crippen LogP contribution in [0.2, 0.25) is 0 Å². The first-order chi connectivity index (χ1) is 11.0. The SMILES string of the molecule is COc1cc(C(=O)Oc2ccc(C(C)=O)cc2OC)ccc1O. The number of rotatable bonds is 5. The zero-order valence-corrected chi connectivity index (χ0v) is 13.0. The van der Waals surface area contributed by atoms with Crippen molar-refractivity contribution >= 4 is 11.8 Å². The number of Topliss-reactive ketones (excluding diaryl/α,β-unsaturated/α-hetero) is 1. The molecule has 120 valence electrons. The van der Waals surface area contributed by atoms with Gasteiger partial charge in [-0.2, -0.15) is 0 Å². The predicted octanol–water partition coefficient (Wildman–Crippen LogP) is 2.83. The van der Waals surface area contributed by atoms with Gasteiger partial charge in [-0.3, -0.25) is 4.79 Å². The molecule has 0 bridgehead atoms. The maximum Gasteiger partial charge on any atom is 0.343 e. The molecule has 0 saturated heterocycles. The van der Waals surface area contributed by atoms with E-state index in [2.05, 4.69) is 0 Å². The fraction of sp³-hybridized carbons (Fsp3) is 0.176. The van der Waals surface area contributed by atoms with Gasteiger partial charge < -0.3 is 19.3 Å². The van der Waals surface area contributed by atoms with Gasteiger partial charge in [-0.1, -0.05) is 0 Å². The van der Waals surface area contributed by atoms with Crippen LogP contribution in [0, 0.1) is 0 Å². The summed E-state index contributed by atoms with van der Waals surface area (Å²) in [6, 6.07) is 8.66. The predicted molar refractivity (Wildman–Crippen MR) is 82.6 cm³/mol. The lowest BCUT2D eigenvalue weighted by Gasteiger charge is -2.11. The van der Waals surface area contributed by atoms with E-state index >= 15 is 0 Å². The number of ketones is 1. The van der Waals surface area contributed by atoms with Crippen molar-refractivity contribution < 1.29 is 28.9 Å². The van der Waals surface area contributed by atoms with Crippen molar-refractivity contribution in [1.82, 2.24) is 0 Å². The number of aromatic hydroxyl groups is 1. The molecule has 1 N–H and O–H groups in total. The van der Waals surface area contributed by atoms with Gasteiger partial charge in [-0.05, 0) is 43.3 Å². The zero-order valence-electron chi connectivity index (χ0n) is 13.0. The van der Waals surface area contributed by atoms with Gasteiger partial charge >= 0.3 is 5.97 Å². The first kappa shape index (κ1) is 16.4. The number of ether oxygens (including phenoxy) is 3. The van der Waals surface area contributed by atoms with Gasteiger partial charge in [0.15, 0.2) is 28.8 Å². The minimum absolute atomic E-state index is 0.0764. The smallest absolute Gasteiger partial charge is 0.343 e. The molecule has 0 spiro atoms. The number of methoxy groups -OCH3 is 2. The molecule has 0 radical (unpaired) electrons. The summed E-state index contributed by atoms with van der Waals surface area (Å²) in [6.07, 6.45) is 0. The Balaban J connectivity index is 2.28. The zero-order chi connectivity index (χ0) is 17.0. The number of benzene rings is 2. The summed E-state index contributed by atoms with van der Waals surface area (Å²) in [5, 5.41) is 9.54. The number of carbonyl (C=O) groups excluding carboxylic acids is 2. The van der Waals surface area contributed by atoms with Gasteiger partial charge in [0.1, 0.15) is 0 Å². The van der Waals surface area contributed by atoms with Crippen LogP contribution in [0.1, 0.15) is 27.6 Å². The summed E-state index contributed by atoms with van der Waals surface area (Å²) in [4.78, 5) is 23.6. The molecule has 0 heterocycles. The molecule has 6 nitrogen and oxygen atoms in total. The Kier molecular flexibility index (Phi) is 4.85. The molecule has 0 fully saturated rings. The molecule has 0 aromatic heterocycles. The molecule has 6 heteroatoms. The third-order valence-electron chi connectivity index (χ3n) is 3.19. The van der Waals surface area contributed by atoms with Crippen LogP contribution in [-0.2, 0) is 0 Å². The number of hydrogen-bond acceptors (Lipinski definition) is 6. The van der Waals surface area contributed by atoms with Crippen molar-refractivity contribution in [1.29, 1.82) is 0 Å². The number of hydrogen-bond donors (Lipinski definition) is 1. The van der Waals surface area contributed by atoms with Crippen LogP contribution in [0.25, 0.3) is 0 Å². The van der Waals surface area contributed by atoms with E-state index in [1.165, 1.54) is 51.5 Å². The minimum Gasteiger partial charge on any atom is -0.504 e. The van der Waals surface area contributed by atoms with Gasteiger partial charge in [0.25, 0.3) is 0 Å². The topological polar surface area (TPSA) is 82.1 Å². The highest BCUT2D eigenvalue weighted by molar-refractivity contribution is 5.95. The summed E-state index contributed by atoms with van der Waals surface area (Å²) in [7, 11) is 2.80. The first-order valence-electron chi connectivity index (χ1n) is 6.74. The molecule has 0 saturated carbocycles. The lowest BCUT2D eigenvalue weighted by Crippen LogP contribution is -2.09. The highest BCUT2D eigenvalue weighted by Gasteiger charge is 2.15. The summed E-state index contributed by atoms with van der Waals surface area (Å²) in [5.41, 5.74) is 0.658. The molecular weight excluding hydrogens is 300 g/mol. The van der Waals surface area contributed by atoms with E-state index in [-0.39, 0.29) is 34.3 Å². The second kappa shape index (κ2) is 6.83. The summed E-state index contributed by atoms with van der Waals surface area (Å²) >= 11 is 0. The van der Waals surface area contributed by atoms with E-state index in [9.17, 15) is 14.7 Å². The lowest BCUT2D eigenvalue weighted by molar-refractivity contribution is 0.0729. The molecule has 0 unspecified atom stereocenters. The summed E-state index contributed by atoms with van der Waals surface area (Å²) in [5.74, 6) is -0.209. The van der Waals surface area contributed by atoms with E-state index < -0.39 is 5.97 Å². The molecule has 0 aliphatic rings. The van der Waals surface area contributed by atoms with Crippen molar-refractivity contribution in [3.05, 3.63) is 47.5 Å². The molecular formula is C17H16O6. The maximum atomic E-state index is 12.2. The minimum atomic E-state index is -0.642. The number of carbonyl (C=O) groups is 2. The molecule has 2 rings (SSSR count). The van der Waals surface area contributed by atoms with Crippen LogP contribution in [-0.4, -0.2) is 31.1 Å². The van der Waals surface area contributed by atoms with Crippen LogP contribution < -0.4 is 14.2 Å². The van der Waals surface area contributed by atoms with Crippen LogP contribution in [0.4, 0.5) is 0 Å². The fourth-order valence-corrected chi connectivity index (χ4v) is 1.93. The monoisotopic (exact) mass is 316 g/mol. The highest BCUT2D eigenvalue weighted by Crippen LogP contribution is 2.30. The normalized spacial score (nSPS) is 10.0. The molecule has 2 aromatic rings. The van der Waals surface area contributed by atoms with Gasteiger partial charge in [0, 0.05) is 5.56 Å². The molecule has 23 heavy (non-hydrogen) atoms. The van der Waals surface area contributed by atoms with Crippen LogP contribution in [0.3, 0.4) is 0 Å². The van der Waals surface area contributed by atoms with E-state index in [0.29, 0.717) is 5.56 Å². The lowest BCUT2D eigenvalue weighted by atomic mass is 10.1. The Morgan fingerprint density at radius 1 is 0.870 bits per heavy atom. The van der Waals surface area contributed by atoms with E-state index in [1.807, 2.05) is 0 Å². The van der Waals surface area contributed by atoms with Gasteiger partial charge in [0.05, 0.1) is 19.8 Å². The number of phenols is 1. The van der Waals surface area contributed by atoms with Crippen molar-refractivity contribution in [2.75, 3.05) is 14.2 Å². The van der Waals surface area contributed by atoms with E-state index in [0.717, 1.165) is 0 Å². The maximum absolute atomic E-state index is 12.2. The Morgan fingerprint density at radius 2 is 1.48 bits per heavy atom. The van der Waals surface area contributed by atoms with Gasteiger partial charge in [-0.15, -0.1) is 0 Å². The van der Waals surface area contributed by atoms with E-state index in [4.69, 9.17) is 14.2 Å². The molecule has 0 atom stereocenters. The van der Waals surface area contributed by atoms with Crippen LogP contribution >= 0.6 is 0 Å². The fourth-order valence-electron chi connectivity index (χ4n) is 1.93. The van der Waals surface area contributed by atoms with Crippen molar-refractivity contribution in [2.24, 2.45) is 0 Å².